The zero-order chi connectivity index (χ0) is 14.8. The van der Waals surface area contributed by atoms with Crippen LogP contribution in [0.25, 0.3) is 0 Å². The lowest BCUT2D eigenvalue weighted by Gasteiger charge is -2.40. The first-order valence-corrected chi connectivity index (χ1v) is 9.42. The molecule has 0 unspecified atom stereocenters. The summed E-state index contributed by atoms with van der Waals surface area (Å²) >= 11 is 1.75. The van der Waals surface area contributed by atoms with Crippen LogP contribution in [-0.2, 0) is 16.6 Å². The van der Waals surface area contributed by atoms with Crippen LogP contribution in [0.4, 0.5) is 0 Å². The average Bonchev–Trinajstić information content (AvgIpc) is 2.71. The normalized spacial score (nSPS) is 17.9. The zero-order valence-electron chi connectivity index (χ0n) is 12.2. The Morgan fingerprint density at radius 3 is 2.65 bits per heavy atom. The third kappa shape index (κ3) is 3.21. The number of aryl methyl sites for hydroxylation is 1. The van der Waals surface area contributed by atoms with Crippen molar-refractivity contribution in [3.8, 4) is 0 Å². The van der Waals surface area contributed by atoms with Gasteiger partial charge in [-0.25, -0.2) is 13.1 Å². The number of nitrogens with one attached hydrogen (secondary N) is 2. The van der Waals surface area contributed by atoms with Gasteiger partial charge >= 0.3 is 0 Å². The van der Waals surface area contributed by atoms with Crippen LogP contribution in [0.3, 0.4) is 0 Å². The molecule has 0 radical (unpaired) electrons. The van der Waals surface area contributed by atoms with Gasteiger partial charge < -0.3 is 9.73 Å². The summed E-state index contributed by atoms with van der Waals surface area (Å²) in [6.45, 7) is 2.69. The second kappa shape index (κ2) is 6.09. The summed E-state index contributed by atoms with van der Waals surface area (Å²) in [4.78, 5) is 0.248. The monoisotopic (exact) mass is 318 g/mol. The van der Waals surface area contributed by atoms with Gasteiger partial charge in [-0.05, 0) is 33.1 Å². The predicted molar refractivity (Wildman–Crippen MR) is 81.5 cm³/mol. The van der Waals surface area contributed by atoms with Crippen LogP contribution in [0.2, 0.25) is 0 Å². The highest BCUT2D eigenvalue weighted by atomic mass is 32.2. The van der Waals surface area contributed by atoms with Gasteiger partial charge in [0.05, 0.1) is 6.54 Å². The highest BCUT2D eigenvalue weighted by Gasteiger charge is 2.37. The fraction of sp³-hybridized carbons (Fsp3) is 0.692. The Balaban J connectivity index is 2.10. The highest BCUT2D eigenvalue weighted by molar-refractivity contribution is 8.00. The molecule has 1 saturated carbocycles. The van der Waals surface area contributed by atoms with E-state index < -0.39 is 10.0 Å². The van der Waals surface area contributed by atoms with Crippen molar-refractivity contribution in [3.05, 3.63) is 17.6 Å². The third-order valence-corrected chi connectivity index (χ3v) is 6.77. The molecule has 7 heteroatoms. The highest BCUT2D eigenvalue weighted by Crippen LogP contribution is 2.42. The topological polar surface area (TPSA) is 71.3 Å². The summed E-state index contributed by atoms with van der Waals surface area (Å²) in [5.74, 6) is 1.07. The first-order chi connectivity index (χ1) is 9.42. The van der Waals surface area contributed by atoms with Crippen molar-refractivity contribution < 1.29 is 12.8 Å². The van der Waals surface area contributed by atoms with Crippen LogP contribution >= 0.6 is 11.8 Å². The summed E-state index contributed by atoms with van der Waals surface area (Å²) < 4.78 is 33.0. The van der Waals surface area contributed by atoms with E-state index in [4.69, 9.17) is 4.42 Å². The van der Waals surface area contributed by atoms with Gasteiger partial charge in [0.25, 0.3) is 0 Å². The first kappa shape index (κ1) is 15.9. The van der Waals surface area contributed by atoms with Crippen LogP contribution in [0, 0.1) is 6.92 Å². The summed E-state index contributed by atoms with van der Waals surface area (Å²) in [6, 6.07) is 1.60. The van der Waals surface area contributed by atoms with Gasteiger partial charge in [-0.1, -0.05) is 6.42 Å². The van der Waals surface area contributed by atoms with Crippen LogP contribution < -0.4 is 10.0 Å². The van der Waals surface area contributed by atoms with E-state index in [0.717, 1.165) is 12.8 Å². The molecule has 2 rings (SSSR count). The second-order valence-corrected chi connectivity index (χ2v) is 8.24. The maximum absolute atomic E-state index is 12.4. The van der Waals surface area contributed by atoms with E-state index in [0.29, 0.717) is 24.6 Å². The fourth-order valence-corrected chi connectivity index (χ4v) is 4.71. The molecule has 0 atom stereocenters. The van der Waals surface area contributed by atoms with E-state index in [1.807, 2.05) is 6.26 Å². The molecule has 114 valence electrons. The predicted octanol–water partition coefficient (Wildman–Crippen LogP) is 1.87. The van der Waals surface area contributed by atoms with Crippen LogP contribution in [0.15, 0.2) is 15.4 Å². The van der Waals surface area contributed by atoms with Crippen LogP contribution in [0.1, 0.15) is 30.8 Å². The van der Waals surface area contributed by atoms with Crippen molar-refractivity contribution >= 4 is 21.8 Å². The minimum Gasteiger partial charge on any atom is -0.464 e. The molecule has 20 heavy (non-hydrogen) atoms. The number of hydrogen-bond acceptors (Lipinski definition) is 5. The number of hydrogen-bond donors (Lipinski definition) is 2. The molecular weight excluding hydrogens is 296 g/mol. The van der Waals surface area contributed by atoms with Crippen molar-refractivity contribution in [2.45, 2.75) is 42.4 Å². The molecule has 1 heterocycles. The van der Waals surface area contributed by atoms with Gasteiger partial charge in [0, 0.05) is 17.4 Å². The molecule has 0 aromatic carbocycles. The largest absolute Gasteiger partial charge is 0.464 e. The summed E-state index contributed by atoms with van der Waals surface area (Å²) in [7, 11) is -1.70. The molecule has 0 spiro atoms. The maximum atomic E-state index is 12.4. The van der Waals surface area contributed by atoms with E-state index >= 15 is 0 Å². The Labute approximate surface area is 124 Å². The van der Waals surface area contributed by atoms with Crippen LogP contribution in [-0.4, -0.2) is 33.0 Å². The van der Waals surface area contributed by atoms with Crippen molar-refractivity contribution in [2.24, 2.45) is 0 Å². The summed E-state index contributed by atoms with van der Waals surface area (Å²) in [6.07, 6.45) is 5.37. The first-order valence-electron chi connectivity index (χ1n) is 6.71. The molecule has 0 aliphatic heterocycles. The third-order valence-electron chi connectivity index (χ3n) is 3.85. The summed E-state index contributed by atoms with van der Waals surface area (Å²) in [5, 5.41) is 2.95. The summed E-state index contributed by atoms with van der Waals surface area (Å²) in [5.41, 5.74) is 0. The minimum atomic E-state index is -3.49. The van der Waals surface area contributed by atoms with E-state index in [2.05, 4.69) is 10.0 Å². The molecule has 5 nitrogen and oxygen atoms in total. The lowest BCUT2D eigenvalue weighted by Crippen LogP contribution is -2.45. The van der Waals surface area contributed by atoms with Gasteiger partial charge in [0.15, 0.2) is 0 Å². The molecule has 0 saturated heterocycles. The van der Waals surface area contributed by atoms with Gasteiger partial charge in [0.2, 0.25) is 10.0 Å². The van der Waals surface area contributed by atoms with E-state index in [-0.39, 0.29) is 9.64 Å². The molecule has 1 fully saturated rings. The average molecular weight is 318 g/mol. The fourth-order valence-electron chi connectivity index (χ4n) is 2.38. The standard InChI is InChI=1S/C13H22N2O3S2/c1-10-12(7-11(18-10)8-14-2)20(16,17)15-9-13(19-3)5-4-6-13/h7,14-15H,4-6,8-9H2,1-3H3. The lowest BCUT2D eigenvalue weighted by atomic mass is 9.84. The second-order valence-electron chi connectivity index (χ2n) is 5.23. The quantitative estimate of drug-likeness (QED) is 0.803. The Morgan fingerprint density at radius 1 is 1.45 bits per heavy atom. The molecule has 2 N–H and O–H groups in total. The Bertz CT molecular complexity index is 557. The molecule has 0 bridgehead atoms. The maximum Gasteiger partial charge on any atom is 0.244 e. The van der Waals surface area contributed by atoms with E-state index in [9.17, 15) is 8.42 Å². The van der Waals surface area contributed by atoms with E-state index in [1.165, 1.54) is 6.42 Å². The minimum absolute atomic E-state index is 0.0819. The number of sulfonamides is 1. The molecule has 1 aliphatic carbocycles. The Hall–Kier alpha value is -0.500. The number of rotatable bonds is 7. The molecule has 1 aliphatic rings. The van der Waals surface area contributed by atoms with Gasteiger partial charge in [-0.15, -0.1) is 0 Å². The number of thioether (sulfide) groups is 1. The van der Waals surface area contributed by atoms with Gasteiger partial charge in [-0.2, -0.15) is 11.8 Å². The van der Waals surface area contributed by atoms with Crippen molar-refractivity contribution in [2.75, 3.05) is 19.8 Å². The SMILES string of the molecule is CNCc1cc(S(=O)(=O)NCC2(SC)CCC2)c(C)o1. The van der Waals surface area contributed by atoms with Crippen molar-refractivity contribution in [3.63, 3.8) is 0 Å². The lowest BCUT2D eigenvalue weighted by molar-refractivity contribution is 0.361. The van der Waals surface area contributed by atoms with Gasteiger partial charge in [0.1, 0.15) is 16.4 Å². The van der Waals surface area contributed by atoms with E-state index in [1.54, 1.807) is 31.8 Å². The zero-order valence-corrected chi connectivity index (χ0v) is 13.8. The Morgan fingerprint density at radius 2 is 2.15 bits per heavy atom. The van der Waals surface area contributed by atoms with Crippen molar-refractivity contribution in [1.29, 1.82) is 0 Å². The van der Waals surface area contributed by atoms with Crippen LogP contribution in [0.5, 0.6) is 0 Å². The van der Waals surface area contributed by atoms with Gasteiger partial charge in [-0.3, -0.25) is 0 Å². The smallest absolute Gasteiger partial charge is 0.244 e. The molecule has 0 amide bonds. The van der Waals surface area contributed by atoms with Crippen molar-refractivity contribution in [1.82, 2.24) is 10.0 Å². The molecule has 1 aromatic rings. The number of furan rings is 1. The Kier molecular flexibility index (Phi) is 4.84. The molecule has 1 aromatic heterocycles. The molecular formula is C13H22N2O3S2.